The summed E-state index contributed by atoms with van der Waals surface area (Å²) in [5.41, 5.74) is 2.14. The number of piperazine rings is 2. The van der Waals surface area contributed by atoms with E-state index in [1.807, 2.05) is 30.0 Å². The summed E-state index contributed by atoms with van der Waals surface area (Å²) in [4.78, 5) is 21.7. The predicted molar refractivity (Wildman–Crippen MR) is 115 cm³/mol. The van der Waals surface area contributed by atoms with E-state index in [9.17, 15) is 4.79 Å². The number of aromatic nitrogens is 1. The predicted octanol–water partition coefficient (Wildman–Crippen LogP) is 1.46. The van der Waals surface area contributed by atoms with Gasteiger partial charge in [0.1, 0.15) is 11.5 Å². The van der Waals surface area contributed by atoms with Crippen LogP contribution >= 0.6 is 0 Å². The lowest BCUT2D eigenvalue weighted by Crippen LogP contribution is -2.53. The van der Waals surface area contributed by atoms with Crippen molar-refractivity contribution < 1.29 is 14.1 Å². The van der Waals surface area contributed by atoms with E-state index in [1.165, 1.54) is 5.69 Å². The fourth-order valence-electron chi connectivity index (χ4n) is 4.14. The van der Waals surface area contributed by atoms with E-state index in [0.29, 0.717) is 6.54 Å². The van der Waals surface area contributed by atoms with Gasteiger partial charge in [-0.3, -0.25) is 14.6 Å². The highest BCUT2D eigenvalue weighted by Crippen LogP contribution is 2.22. The number of hydrogen-bond donors (Lipinski definition) is 0. The highest BCUT2D eigenvalue weighted by atomic mass is 16.5. The number of ether oxygens (including phenoxy) is 1. The van der Waals surface area contributed by atoms with Crippen LogP contribution in [0, 0.1) is 6.92 Å². The molecule has 0 N–H and O–H groups in total. The van der Waals surface area contributed by atoms with Gasteiger partial charge < -0.3 is 19.1 Å². The van der Waals surface area contributed by atoms with Gasteiger partial charge >= 0.3 is 0 Å². The molecule has 2 aromatic rings. The topological polar surface area (TPSA) is 65.3 Å². The molecule has 162 valence electrons. The van der Waals surface area contributed by atoms with E-state index in [2.05, 4.69) is 32.0 Å². The van der Waals surface area contributed by atoms with Crippen molar-refractivity contribution in [2.24, 2.45) is 0 Å². The van der Waals surface area contributed by atoms with Gasteiger partial charge in [-0.15, -0.1) is 0 Å². The van der Waals surface area contributed by atoms with Crippen molar-refractivity contribution >= 4 is 11.6 Å². The van der Waals surface area contributed by atoms with Crippen LogP contribution in [0.4, 0.5) is 5.69 Å². The fraction of sp³-hybridized carbons (Fsp3) is 0.545. The molecule has 0 aliphatic carbocycles. The second-order valence-electron chi connectivity index (χ2n) is 8.05. The molecule has 8 heteroatoms. The highest BCUT2D eigenvalue weighted by molar-refractivity contribution is 5.78. The van der Waals surface area contributed by atoms with Crippen molar-refractivity contribution in [1.82, 2.24) is 19.9 Å². The van der Waals surface area contributed by atoms with E-state index in [0.717, 1.165) is 76.1 Å². The Balaban J connectivity index is 1.20. The Morgan fingerprint density at radius 2 is 1.77 bits per heavy atom. The molecule has 2 fully saturated rings. The van der Waals surface area contributed by atoms with Crippen LogP contribution in [-0.4, -0.2) is 91.8 Å². The summed E-state index contributed by atoms with van der Waals surface area (Å²) in [6.45, 7) is 10.1. The first-order valence-electron chi connectivity index (χ1n) is 10.6. The Kier molecular flexibility index (Phi) is 6.54. The molecule has 3 heterocycles. The van der Waals surface area contributed by atoms with Gasteiger partial charge in [0.15, 0.2) is 0 Å². The molecule has 0 atom stereocenters. The number of aryl methyl sites for hydroxylation is 1. The maximum absolute atomic E-state index is 12.8. The first kappa shape index (κ1) is 20.7. The highest BCUT2D eigenvalue weighted by Gasteiger charge is 2.25. The molecule has 1 aromatic heterocycles. The molecule has 0 bridgehead atoms. The lowest BCUT2D eigenvalue weighted by atomic mass is 10.2. The number of carbonyl (C=O) groups excluding carboxylic acids is 1. The van der Waals surface area contributed by atoms with Crippen LogP contribution in [0.25, 0.3) is 0 Å². The maximum Gasteiger partial charge on any atom is 0.236 e. The van der Waals surface area contributed by atoms with Gasteiger partial charge in [0.05, 0.1) is 19.3 Å². The van der Waals surface area contributed by atoms with E-state index in [-0.39, 0.29) is 5.91 Å². The molecule has 4 rings (SSSR count). The molecule has 30 heavy (non-hydrogen) atoms. The summed E-state index contributed by atoms with van der Waals surface area (Å²) >= 11 is 0. The van der Waals surface area contributed by atoms with E-state index >= 15 is 0 Å². The minimum absolute atomic E-state index is 0.238. The van der Waals surface area contributed by atoms with Crippen LogP contribution < -0.4 is 9.64 Å². The smallest absolute Gasteiger partial charge is 0.236 e. The van der Waals surface area contributed by atoms with E-state index in [1.54, 1.807) is 7.11 Å². The number of carbonyl (C=O) groups is 1. The molecule has 0 saturated carbocycles. The van der Waals surface area contributed by atoms with Crippen molar-refractivity contribution in [2.45, 2.75) is 13.5 Å². The van der Waals surface area contributed by atoms with Crippen LogP contribution in [0.1, 0.15) is 11.5 Å². The molecule has 0 unspecified atom stereocenters. The third-order valence-corrected chi connectivity index (χ3v) is 5.94. The van der Waals surface area contributed by atoms with Crippen LogP contribution in [0.5, 0.6) is 5.75 Å². The first-order chi connectivity index (χ1) is 14.6. The van der Waals surface area contributed by atoms with Gasteiger partial charge in [-0.05, 0) is 19.1 Å². The van der Waals surface area contributed by atoms with E-state index in [4.69, 9.17) is 9.26 Å². The van der Waals surface area contributed by atoms with Crippen molar-refractivity contribution in [1.29, 1.82) is 0 Å². The Morgan fingerprint density at radius 3 is 2.43 bits per heavy atom. The number of hydrogen-bond acceptors (Lipinski definition) is 7. The summed E-state index contributed by atoms with van der Waals surface area (Å²) in [6, 6.07) is 10.1. The lowest BCUT2D eigenvalue weighted by Gasteiger charge is -2.38. The third kappa shape index (κ3) is 5.12. The van der Waals surface area contributed by atoms with Gasteiger partial charge in [0.2, 0.25) is 5.91 Å². The number of benzene rings is 1. The minimum Gasteiger partial charge on any atom is -0.497 e. The van der Waals surface area contributed by atoms with Crippen molar-refractivity contribution in [3.8, 4) is 5.75 Å². The Bertz CT molecular complexity index is 839. The molecule has 1 amide bonds. The number of amides is 1. The summed E-state index contributed by atoms with van der Waals surface area (Å²) in [7, 11) is 1.69. The van der Waals surface area contributed by atoms with Gasteiger partial charge in [-0.1, -0.05) is 11.2 Å². The van der Waals surface area contributed by atoms with Crippen molar-refractivity contribution in [3.05, 3.63) is 41.8 Å². The second kappa shape index (κ2) is 9.49. The Morgan fingerprint density at radius 1 is 1.03 bits per heavy atom. The summed E-state index contributed by atoms with van der Waals surface area (Å²) < 4.78 is 10.5. The molecule has 0 spiro atoms. The molecule has 2 aliphatic heterocycles. The fourth-order valence-corrected chi connectivity index (χ4v) is 4.14. The van der Waals surface area contributed by atoms with Crippen LogP contribution in [0.2, 0.25) is 0 Å². The molecule has 8 nitrogen and oxygen atoms in total. The van der Waals surface area contributed by atoms with Gasteiger partial charge in [0, 0.05) is 76.7 Å². The molecule has 0 radical (unpaired) electrons. The zero-order valence-corrected chi connectivity index (χ0v) is 17.9. The van der Waals surface area contributed by atoms with Gasteiger partial charge in [0.25, 0.3) is 0 Å². The van der Waals surface area contributed by atoms with Crippen molar-refractivity contribution in [3.63, 3.8) is 0 Å². The monoisotopic (exact) mass is 413 g/mol. The Labute approximate surface area is 178 Å². The third-order valence-electron chi connectivity index (χ3n) is 5.94. The molecular weight excluding hydrogens is 382 g/mol. The minimum atomic E-state index is 0.238. The van der Waals surface area contributed by atoms with Crippen molar-refractivity contribution in [2.75, 3.05) is 70.9 Å². The number of nitrogens with zero attached hydrogens (tertiary/aromatic N) is 5. The molecular formula is C22H31N5O3. The molecule has 1 aromatic carbocycles. The normalized spacial score (nSPS) is 18.6. The average molecular weight is 414 g/mol. The maximum atomic E-state index is 12.8. The summed E-state index contributed by atoms with van der Waals surface area (Å²) in [6.07, 6.45) is 0. The average Bonchev–Trinajstić information content (AvgIpc) is 3.19. The summed E-state index contributed by atoms with van der Waals surface area (Å²) in [5, 5.41) is 4.06. The van der Waals surface area contributed by atoms with Crippen LogP contribution in [-0.2, 0) is 11.3 Å². The standard InChI is InChI=1S/C22H31N5O3/c1-18-14-19(23-30-18)16-24-8-12-27(13-9-24)22(28)17-25-6-10-26(11-7-25)20-4-3-5-21(15-20)29-2/h3-5,14-15H,6-13,16-17H2,1-2H3. The quantitative estimate of drug-likeness (QED) is 0.710. The number of rotatable bonds is 6. The zero-order chi connectivity index (χ0) is 20.9. The van der Waals surface area contributed by atoms with Crippen LogP contribution in [0.15, 0.2) is 34.9 Å². The number of methoxy groups -OCH3 is 1. The molecule has 2 saturated heterocycles. The van der Waals surface area contributed by atoms with E-state index < -0.39 is 0 Å². The Hall–Kier alpha value is -2.58. The van der Waals surface area contributed by atoms with Gasteiger partial charge in [-0.2, -0.15) is 0 Å². The zero-order valence-electron chi connectivity index (χ0n) is 17.9. The summed E-state index contributed by atoms with van der Waals surface area (Å²) in [5.74, 6) is 1.95. The largest absolute Gasteiger partial charge is 0.497 e. The first-order valence-corrected chi connectivity index (χ1v) is 10.6. The SMILES string of the molecule is COc1cccc(N2CCN(CC(=O)N3CCN(Cc4cc(C)on4)CC3)CC2)c1. The van der Waals surface area contributed by atoms with Gasteiger partial charge in [-0.25, -0.2) is 0 Å². The number of anilines is 1. The van der Waals surface area contributed by atoms with Crippen LogP contribution in [0.3, 0.4) is 0 Å². The molecule has 2 aliphatic rings. The second-order valence-corrected chi connectivity index (χ2v) is 8.05. The lowest BCUT2D eigenvalue weighted by molar-refractivity contribution is -0.134.